The number of benzene rings is 1. The Labute approximate surface area is 159 Å². The van der Waals surface area contributed by atoms with E-state index in [0.29, 0.717) is 11.0 Å². The van der Waals surface area contributed by atoms with Crippen LogP contribution in [0.1, 0.15) is 68.6 Å². The maximum absolute atomic E-state index is 12.6. The van der Waals surface area contributed by atoms with Crippen molar-refractivity contribution in [2.75, 3.05) is 0 Å². The van der Waals surface area contributed by atoms with Gasteiger partial charge in [0.2, 0.25) is 0 Å². The lowest BCUT2D eigenvalue weighted by atomic mass is 9.81. The van der Waals surface area contributed by atoms with Crippen molar-refractivity contribution in [3.05, 3.63) is 55.8 Å². The smallest absolute Gasteiger partial charge is 0.185 e. The van der Waals surface area contributed by atoms with E-state index in [4.69, 9.17) is 0 Å². The molecule has 2 aliphatic carbocycles. The molecule has 4 rings (SSSR count). The van der Waals surface area contributed by atoms with E-state index in [1.54, 1.807) is 23.8 Å². The molecule has 0 amide bonds. The second-order valence-corrected chi connectivity index (χ2v) is 9.17. The number of carbonyl (C=O) groups is 1. The van der Waals surface area contributed by atoms with E-state index < -0.39 is 0 Å². The van der Waals surface area contributed by atoms with Crippen LogP contribution in [0.25, 0.3) is 6.08 Å². The number of phenolic OH excluding ortho intramolecular Hbond substituents is 1. The number of hydrogen-bond acceptors (Lipinski definition) is 3. The van der Waals surface area contributed by atoms with Crippen LogP contribution in [0.3, 0.4) is 0 Å². The Morgan fingerprint density at radius 2 is 1.88 bits per heavy atom. The van der Waals surface area contributed by atoms with Gasteiger partial charge < -0.3 is 5.11 Å². The number of hydrogen-bond donors (Lipinski definition) is 1. The highest BCUT2D eigenvalue weighted by molar-refractivity contribution is 7.13. The number of aromatic hydroxyl groups is 1. The molecule has 1 spiro atoms. The van der Waals surface area contributed by atoms with Crippen molar-refractivity contribution >= 4 is 23.2 Å². The van der Waals surface area contributed by atoms with Crippen LogP contribution in [0.5, 0.6) is 5.75 Å². The van der Waals surface area contributed by atoms with Crippen molar-refractivity contribution in [1.29, 1.82) is 0 Å². The van der Waals surface area contributed by atoms with Gasteiger partial charge in [-0.3, -0.25) is 4.79 Å². The number of thiophene rings is 1. The number of phenols is 1. The monoisotopic (exact) mass is 366 g/mol. The van der Waals surface area contributed by atoms with Gasteiger partial charge in [0.1, 0.15) is 5.75 Å². The first-order valence-corrected chi connectivity index (χ1v) is 10.4. The van der Waals surface area contributed by atoms with E-state index in [2.05, 4.69) is 6.92 Å². The predicted molar refractivity (Wildman–Crippen MR) is 108 cm³/mol. The average molecular weight is 367 g/mol. The fourth-order valence-corrected chi connectivity index (χ4v) is 5.49. The maximum Gasteiger partial charge on any atom is 0.185 e. The van der Waals surface area contributed by atoms with Crippen molar-refractivity contribution in [3.63, 3.8) is 0 Å². The summed E-state index contributed by atoms with van der Waals surface area (Å²) in [5.41, 5.74) is 5.84. The minimum atomic E-state index is 0.00544. The first kappa shape index (κ1) is 17.5. The second-order valence-electron chi connectivity index (χ2n) is 8.03. The summed E-state index contributed by atoms with van der Waals surface area (Å²) >= 11 is 1.87. The van der Waals surface area contributed by atoms with Crippen molar-refractivity contribution in [3.8, 4) is 5.75 Å². The van der Waals surface area contributed by atoms with Gasteiger partial charge in [0, 0.05) is 15.3 Å². The average Bonchev–Trinajstić information content (AvgIpc) is 3.28. The first-order chi connectivity index (χ1) is 12.4. The SMILES string of the molecule is CCc1sc(C=CC(=O)c2cc(C)c(O)c(C)c2)c2c1CC1(CC2)CC1. The lowest BCUT2D eigenvalue weighted by Gasteiger charge is -2.23. The highest BCUT2D eigenvalue weighted by Crippen LogP contribution is 2.56. The fraction of sp³-hybridized carbons (Fsp3) is 0.435. The molecular formula is C23H26O2S. The van der Waals surface area contributed by atoms with Gasteiger partial charge in [-0.15, -0.1) is 11.3 Å². The largest absolute Gasteiger partial charge is 0.507 e. The van der Waals surface area contributed by atoms with Gasteiger partial charge in [0.15, 0.2) is 5.78 Å². The first-order valence-electron chi connectivity index (χ1n) is 9.58. The Kier molecular flexibility index (Phi) is 4.31. The summed E-state index contributed by atoms with van der Waals surface area (Å²) < 4.78 is 0. The number of carbonyl (C=O) groups excluding carboxylic acids is 1. The molecule has 136 valence electrons. The van der Waals surface area contributed by atoms with Gasteiger partial charge in [-0.25, -0.2) is 0 Å². The molecule has 0 saturated heterocycles. The molecule has 1 aromatic heterocycles. The summed E-state index contributed by atoms with van der Waals surface area (Å²) in [6, 6.07) is 3.54. The maximum atomic E-state index is 12.6. The van der Waals surface area contributed by atoms with E-state index in [9.17, 15) is 9.90 Å². The highest BCUT2D eigenvalue weighted by Gasteiger charge is 2.45. The molecule has 0 radical (unpaired) electrons. The van der Waals surface area contributed by atoms with E-state index in [-0.39, 0.29) is 11.5 Å². The standard InChI is InChI=1S/C23H26O2S/c1-4-20-18-13-23(9-10-23)8-7-17(18)21(26-20)6-5-19(24)16-11-14(2)22(25)15(3)12-16/h5-6,11-12,25H,4,7-10,13H2,1-3H3. The van der Waals surface area contributed by atoms with Gasteiger partial charge >= 0.3 is 0 Å². The van der Waals surface area contributed by atoms with Gasteiger partial charge in [-0.2, -0.15) is 0 Å². The van der Waals surface area contributed by atoms with Crippen LogP contribution in [-0.2, 0) is 19.3 Å². The zero-order valence-electron chi connectivity index (χ0n) is 15.8. The minimum Gasteiger partial charge on any atom is -0.507 e. The van der Waals surface area contributed by atoms with Crippen LogP contribution in [0, 0.1) is 19.3 Å². The molecule has 1 saturated carbocycles. The Bertz CT molecular complexity index is 890. The highest BCUT2D eigenvalue weighted by atomic mass is 32.1. The van der Waals surface area contributed by atoms with Crippen LogP contribution in [0.4, 0.5) is 0 Å². The Morgan fingerprint density at radius 3 is 2.50 bits per heavy atom. The number of rotatable bonds is 4. The third kappa shape index (κ3) is 3.03. The fourth-order valence-electron chi connectivity index (χ4n) is 4.28. The predicted octanol–water partition coefficient (Wildman–Crippen LogP) is 5.80. The Morgan fingerprint density at radius 1 is 1.19 bits per heavy atom. The van der Waals surface area contributed by atoms with Crippen molar-refractivity contribution in [2.24, 2.45) is 5.41 Å². The van der Waals surface area contributed by atoms with E-state index in [1.807, 2.05) is 31.3 Å². The molecule has 0 atom stereocenters. The molecule has 2 nitrogen and oxygen atoms in total. The molecule has 1 heterocycles. The second kappa shape index (κ2) is 6.38. The van der Waals surface area contributed by atoms with Crippen LogP contribution in [-0.4, -0.2) is 10.9 Å². The minimum absolute atomic E-state index is 0.00544. The van der Waals surface area contributed by atoms with E-state index in [1.165, 1.54) is 41.0 Å². The van der Waals surface area contributed by atoms with E-state index in [0.717, 1.165) is 24.0 Å². The van der Waals surface area contributed by atoms with Crippen molar-refractivity contribution in [1.82, 2.24) is 0 Å². The van der Waals surface area contributed by atoms with Crippen LogP contribution in [0.2, 0.25) is 0 Å². The summed E-state index contributed by atoms with van der Waals surface area (Å²) in [4.78, 5) is 15.4. The summed E-state index contributed by atoms with van der Waals surface area (Å²) in [5, 5.41) is 9.90. The zero-order chi connectivity index (χ0) is 18.5. The summed E-state index contributed by atoms with van der Waals surface area (Å²) in [6.07, 6.45) is 11.3. The van der Waals surface area contributed by atoms with E-state index >= 15 is 0 Å². The molecule has 3 heteroatoms. The number of allylic oxidation sites excluding steroid dienone is 1. The van der Waals surface area contributed by atoms with Gasteiger partial charge in [0.25, 0.3) is 0 Å². The van der Waals surface area contributed by atoms with Gasteiger partial charge in [0.05, 0.1) is 0 Å². The molecule has 0 unspecified atom stereocenters. The lowest BCUT2D eigenvalue weighted by molar-refractivity contribution is 0.104. The molecule has 26 heavy (non-hydrogen) atoms. The zero-order valence-corrected chi connectivity index (χ0v) is 16.6. The molecule has 0 bridgehead atoms. The summed E-state index contributed by atoms with van der Waals surface area (Å²) in [7, 11) is 0. The molecule has 2 aromatic rings. The third-order valence-corrected chi connectivity index (χ3v) is 7.51. The topological polar surface area (TPSA) is 37.3 Å². The molecule has 1 aromatic carbocycles. The molecular weight excluding hydrogens is 340 g/mol. The molecule has 1 N–H and O–H groups in total. The van der Waals surface area contributed by atoms with Crippen molar-refractivity contribution in [2.45, 2.75) is 59.3 Å². The van der Waals surface area contributed by atoms with Gasteiger partial charge in [-0.1, -0.05) is 6.92 Å². The summed E-state index contributed by atoms with van der Waals surface area (Å²) in [6.45, 7) is 5.90. The number of fused-ring (bicyclic) bond motifs is 1. The Hall–Kier alpha value is -1.87. The lowest BCUT2D eigenvalue weighted by Crippen LogP contribution is -2.15. The van der Waals surface area contributed by atoms with Crippen molar-refractivity contribution < 1.29 is 9.90 Å². The molecule has 0 aliphatic heterocycles. The van der Waals surface area contributed by atoms with Gasteiger partial charge in [-0.05, 0) is 104 Å². The van der Waals surface area contributed by atoms with Crippen LogP contribution >= 0.6 is 11.3 Å². The summed E-state index contributed by atoms with van der Waals surface area (Å²) in [5.74, 6) is 0.283. The molecule has 1 fully saturated rings. The van der Waals surface area contributed by atoms with Crippen LogP contribution < -0.4 is 0 Å². The molecule has 2 aliphatic rings. The quantitative estimate of drug-likeness (QED) is 0.548. The number of aryl methyl sites for hydroxylation is 3. The normalized spacial score (nSPS) is 17.7. The third-order valence-electron chi connectivity index (χ3n) is 6.13. The Balaban J connectivity index is 1.61. The van der Waals surface area contributed by atoms with Crippen LogP contribution in [0.15, 0.2) is 18.2 Å². The number of ketones is 1.